The smallest absolute Gasteiger partial charge is 0.303 e. The second kappa shape index (κ2) is 15.0. The molecule has 0 aromatic carbocycles. The minimum Gasteiger partial charge on any atom is -0.481 e. The van der Waals surface area contributed by atoms with Crippen LogP contribution < -0.4 is 0 Å². The normalized spacial score (nSPS) is 11.5. The van der Waals surface area contributed by atoms with E-state index in [9.17, 15) is 9.59 Å². The monoisotopic (exact) mass is 294 g/mol. The number of hydrogen-bond donors (Lipinski definition) is 1. The average molecular weight is 294 g/mol. The molecule has 0 aliphatic heterocycles. The van der Waals surface area contributed by atoms with E-state index in [0.717, 1.165) is 38.5 Å². The van der Waals surface area contributed by atoms with E-state index in [1.807, 2.05) is 12.2 Å². The first-order valence-electron chi connectivity index (χ1n) is 8.24. The molecule has 0 spiro atoms. The Morgan fingerprint density at radius 1 is 0.857 bits per heavy atom. The highest BCUT2D eigenvalue weighted by Crippen LogP contribution is 2.08. The zero-order valence-electron chi connectivity index (χ0n) is 13.4. The predicted molar refractivity (Wildman–Crippen MR) is 87.4 cm³/mol. The lowest BCUT2D eigenvalue weighted by Gasteiger charge is -1.98. The molecule has 0 atom stereocenters. The third-order valence-corrected chi connectivity index (χ3v) is 3.32. The van der Waals surface area contributed by atoms with Gasteiger partial charge in [-0.05, 0) is 31.8 Å². The first kappa shape index (κ1) is 19.6. The Morgan fingerprint density at radius 2 is 1.52 bits per heavy atom. The summed E-state index contributed by atoms with van der Waals surface area (Å²) in [6.07, 6.45) is 17.8. The number of carbonyl (C=O) groups excluding carboxylic acids is 1. The molecule has 0 radical (unpaired) electrons. The molecule has 3 heteroatoms. The molecule has 0 rings (SSSR count). The lowest BCUT2D eigenvalue weighted by Crippen LogP contribution is -1.94. The summed E-state index contributed by atoms with van der Waals surface area (Å²) in [6.45, 7) is 2.19. The van der Waals surface area contributed by atoms with E-state index in [1.165, 1.54) is 19.3 Å². The molecular formula is C18H30O3. The van der Waals surface area contributed by atoms with Crippen molar-refractivity contribution >= 4 is 11.8 Å². The first-order valence-corrected chi connectivity index (χ1v) is 8.24. The molecule has 21 heavy (non-hydrogen) atoms. The van der Waals surface area contributed by atoms with Gasteiger partial charge in [0.25, 0.3) is 0 Å². The highest BCUT2D eigenvalue weighted by molar-refractivity contribution is 5.89. The molecule has 0 amide bonds. The van der Waals surface area contributed by atoms with Crippen LogP contribution in [0.5, 0.6) is 0 Å². The first-order chi connectivity index (χ1) is 10.2. The highest BCUT2D eigenvalue weighted by atomic mass is 16.4. The molecule has 0 aromatic rings. The molecule has 0 bridgehead atoms. The summed E-state index contributed by atoms with van der Waals surface area (Å²) in [6, 6.07) is 0. The van der Waals surface area contributed by atoms with Crippen LogP contribution in [0.15, 0.2) is 24.3 Å². The summed E-state index contributed by atoms with van der Waals surface area (Å²) < 4.78 is 0. The Kier molecular flexibility index (Phi) is 14.0. The lowest BCUT2D eigenvalue weighted by molar-refractivity contribution is -0.137. The predicted octanol–water partition coefficient (Wildman–Crippen LogP) is 5.06. The van der Waals surface area contributed by atoms with Crippen LogP contribution in [0.25, 0.3) is 0 Å². The van der Waals surface area contributed by atoms with E-state index in [2.05, 4.69) is 13.0 Å². The summed E-state index contributed by atoms with van der Waals surface area (Å²) >= 11 is 0. The zero-order chi connectivity index (χ0) is 15.8. The van der Waals surface area contributed by atoms with Crippen LogP contribution in [-0.4, -0.2) is 16.9 Å². The fourth-order valence-electron chi connectivity index (χ4n) is 2.04. The van der Waals surface area contributed by atoms with E-state index in [1.54, 1.807) is 6.08 Å². The van der Waals surface area contributed by atoms with Gasteiger partial charge in [-0.1, -0.05) is 57.3 Å². The number of allylic oxidation sites excluding steroid dienone is 4. The van der Waals surface area contributed by atoms with Crippen LogP contribution in [0, 0.1) is 0 Å². The van der Waals surface area contributed by atoms with Crippen molar-refractivity contribution in [3.8, 4) is 0 Å². The maximum atomic E-state index is 11.6. The Morgan fingerprint density at radius 3 is 2.19 bits per heavy atom. The Bertz CT molecular complexity index is 329. The third kappa shape index (κ3) is 16.6. The Hall–Kier alpha value is -1.38. The van der Waals surface area contributed by atoms with Gasteiger partial charge in [-0.25, -0.2) is 0 Å². The number of carbonyl (C=O) groups is 2. The van der Waals surface area contributed by atoms with Gasteiger partial charge < -0.3 is 5.11 Å². The van der Waals surface area contributed by atoms with Gasteiger partial charge in [0.1, 0.15) is 0 Å². The van der Waals surface area contributed by atoms with Gasteiger partial charge in [0.15, 0.2) is 5.78 Å². The van der Waals surface area contributed by atoms with Crippen LogP contribution in [0.1, 0.15) is 77.6 Å². The van der Waals surface area contributed by atoms with Gasteiger partial charge in [0.05, 0.1) is 0 Å². The van der Waals surface area contributed by atoms with Crippen LogP contribution in [0.4, 0.5) is 0 Å². The third-order valence-electron chi connectivity index (χ3n) is 3.32. The number of carboxylic acids is 1. The highest BCUT2D eigenvalue weighted by Gasteiger charge is 1.98. The van der Waals surface area contributed by atoms with Gasteiger partial charge in [-0.2, -0.15) is 0 Å². The van der Waals surface area contributed by atoms with Gasteiger partial charge in [-0.3, -0.25) is 9.59 Å². The second-order valence-corrected chi connectivity index (χ2v) is 5.41. The molecule has 0 saturated heterocycles. The molecule has 0 heterocycles. The molecule has 1 N–H and O–H groups in total. The fraction of sp³-hybridized carbons (Fsp3) is 0.667. The minimum absolute atomic E-state index is 0.179. The summed E-state index contributed by atoms with van der Waals surface area (Å²) in [5, 5.41) is 8.49. The maximum Gasteiger partial charge on any atom is 0.303 e. The Balaban J connectivity index is 3.43. The van der Waals surface area contributed by atoms with Crippen molar-refractivity contribution in [1.82, 2.24) is 0 Å². The van der Waals surface area contributed by atoms with Crippen LogP contribution in [0.3, 0.4) is 0 Å². The lowest BCUT2D eigenvalue weighted by atomic mass is 10.1. The average Bonchev–Trinajstić information content (AvgIpc) is 2.45. The van der Waals surface area contributed by atoms with E-state index in [4.69, 9.17) is 5.11 Å². The number of ketones is 1. The number of carboxylic acid groups (broad SMARTS) is 1. The van der Waals surface area contributed by atoms with Crippen molar-refractivity contribution in [1.29, 1.82) is 0 Å². The summed E-state index contributed by atoms with van der Waals surface area (Å²) in [5.74, 6) is -0.545. The molecule has 0 aliphatic carbocycles. The summed E-state index contributed by atoms with van der Waals surface area (Å²) in [7, 11) is 0. The van der Waals surface area contributed by atoms with Crippen LogP contribution in [-0.2, 0) is 9.59 Å². The molecular weight excluding hydrogens is 264 g/mol. The standard InChI is InChI=1S/C18H30O3/c1-2-3-4-5-6-8-11-14-17(19)15-12-9-7-10-13-16-18(20)21/h6,8,11,14H,2-5,7,9-10,12-13,15-16H2,1H3,(H,20,21)/b8-6-,14-11+. The molecule has 3 nitrogen and oxygen atoms in total. The zero-order valence-corrected chi connectivity index (χ0v) is 13.4. The SMILES string of the molecule is CCCCC/C=C\C=C\C(=O)CCCCCCCC(=O)O. The quantitative estimate of drug-likeness (QED) is 0.277. The van der Waals surface area contributed by atoms with Crippen molar-refractivity contribution in [3.05, 3.63) is 24.3 Å². The van der Waals surface area contributed by atoms with Crippen molar-refractivity contribution in [2.24, 2.45) is 0 Å². The van der Waals surface area contributed by atoms with E-state index in [-0.39, 0.29) is 12.2 Å². The number of rotatable bonds is 14. The van der Waals surface area contributed by atoms with Crippen molar-refractivity contribution in [3.63, 3.8) is 0 Å². The van der Waals surface area contributed by atoms with E-state index >= 15 is 0 Å². The summed E-state index contributed by atoms with van der Waals surface area (Å²) in [4.78, 5) is 21.9. The topological polar surface area (TPSA) is 54.4 Å². The Labute approximate surface area is 129 Å². The van der Waals surface area contributed by atoms with Gasteiger partial charge in [-0.15, -0.1) is 0 Å². The fourth-order valence-corrected chi connectivity index (χ4v) is 2.04. The molecule has 0 saturated carbocycles. The van der Waals surface area contributed by atoms with Gasteiger partial charge >= 0.3 is 5.97 Å². The van der Waals surface area contributed by atoms with Crippen molar-refractivity contribution < 1.29 is 14.7 Å². The van der Waals surface area contributed by atoms with Crippen molar-refractivity contribution in [2.75, 3.05) is 0 Å². The number of aliphatic carboxylic acids is 1. The maximum absolute atomic E-state index is 11.6. The summed E-state index contributed by atoms with van der Waals surface area (Å²) in [5.41, 5.74) is 0. The molecule has 0 aliphatic rings. The van der Waals surface area contributed by atoms with E-state index in [0.29, 0.717) is 6.42 Å². The molecule has 120 valence electrons. The number of hydrogen-bond acceptors (Lipinski definition) is 2. The van der Waals surface area contributed by atoms with Crippen LogP contribution >= 0.6 is 0 Å². The largest absolute Gasteiger partial charge is 0.481 e. The van der Waals surface area contributed by atoms with Crippen molar-refractivity contribution in [2.45, 2.75) is 77.6 Å². The molecule has 0 fully saturated rings. The van der Waals surface area contributed by atoms with E-state index < -0.39 is 5.97 Å². The molecule has 0 unspecified atom stereocenters. The number of unbranched alkanes of at least 4 members (excludes halogenated alkanes) is 7. The second-order valence-electron chi connectivity index (χ2n) is 5.41. The minimum atomic E-state index is -0.724. The molecule has 0 aromatic heterocycles. The van der Waals surface area contributed by atoms with Gasteiger partial charge in [0, 0.05) is 12.8 Å². The van der Waals surface area contributed by atoms with Gasteiger partial charge in [0.2, 0.25) is 0 Å². The van der Waals surface area contributed by atoms with Crippen LogP contribution in [0.2, 0.25) is 0 Å².